The van der Waals surface area contributed by atoms with E-state index in [9.17, 15) is 9.59 Å². The van der Waals surface area contributed by atoms with Crippen LogP contribution in [0.15, 0.2) is 65.3 Å². The second kappa shape index (κ2) is 8.89. The Morgan fingerprint density at radius 1 is 1.16 bits per heavy atom. The highest BCUT2D eigenvalue weighted by Crippen LogP contribution is 2.35. The first-order valence-electron chi connectivity index (χ1n) is 9.61. The second-order valence-corrected chi connectivity index (χ2v) is 7.88. The molecule has 4 rings (SSSR count). The number of rotatable bonds is 5. The Bertz CT molecular complexity index is 1260. The van der Waals surface area contributed by atoms with Crippen molar-refractivity contribution in [1.82, 2.24) is 0 Å². The molecule has 3 aromatic rings. The maximum Gasteiger partial charge on any atom is 0.363 e. The van der Waals surface area contributed by atoms with Gasteiger partial charge >= 0.3 is 11.9 Å². The number of halogens is 1. The molecule has 156 valence electrons. The molecule has 1 heterocycles. The fourth-order valence-electron chi connectivity index (χ4n) is 3.27. The van der Waals surface area contributed by atoms with Gasteiger partial charge in [0.15, 0.2) is 17.2 Å². The van der Waals surface area contributed by atoms with E-state index >= 15 is 0 Å². The third kappa shape index (κ3) is 4.46. The number of hydrogen-bond donors (Lipinski definition) is 0. The van der Waals surface area contributed by atoms with Crippen LogP contribution in [0.2, 0.25) is 0 Å². The summed E-state index contributed by atoms with van der Waals surface area (Å²) in [6.07, 6.45) is 1.63. The highest BCUT2D eigenvalue weighted by atomic mass is 127. The number of benzene rings is 3. The van der Waals surface area contributed by atoms with Gasteiger partial charge in [-0.1, -0.05) is 36.4 Å². The van der Waals surface area contributed by atoms with E-state index < -0.39 is 11.9 Å². The molecule has 3 aromatic carbocycles. The van der Waals surface area contributed by atoms with Crippen LogP contribution in [0.25, 0.3) is 16.8 Å². The lowest BCUT2D eigenvalue weighted by atomic mass is 10.0. The van der Waals surface area contributed by atoms with Crippen LogP contribution in [0.3, 0.4) is 0 Å². The van der Waals surface area contributed by atoms with Gasteiger partial charge in [-0.05, 0) is 70.1 Å². The Morgan fingerprint density at radius 3 is 2.71 bits per heavy atom. The van der Waals surface area contributed by atoms with Gasteiger partial charge in [0.25, 0.3) is 0 Å². The number of aliphatic imine (C=N–C) groups is 1. The number of carbonyl (C=O) groups is 2. The number of cyclic esters (lactones) is 1. The van der Waals surface area contributed by atoms with Crippen molar-refractivity contribution >= 4 is 57.3 Å². The van der Waals surface area contributed by atoms with Gasteiger partial charge in [0, 0.05) is 12.5 Å². The number of esters is 2. The smallest absolute Gasteiger partial charge is 0.363 e. The zero-order chi connectivity index (χ0) is 22.0. The third-order valence-electron chi connectivity index (χ3n) is 4.52. The van der Waals surface area contributed by atoms with Crippen LogP contribution >= 0.6 is 22.6 Å². The SMILES string of the molecule is CCOc1cc(C=C2N=C(c3cccc4ccccc34)OC2=O)cc(I)c1OC(C)=O. The van der Waals surface area contributed by atoms with Gasteiger partial charge in [0.2, 0.25) is 5.90 Å². The molecule has 0 fully saturated rings. The molecule has 0 radical (unpaired) electrons. The lowest BCUT2D eigenvalue weighted by molar-refractivity contribution is -0.132. The largest absolute Gasteiger partial charge is 0.490 e. The van der Waals surface area contributed by atoms with E-state index in [1.807, 2.05) is 49.4 Å². The van der Waals surface area contributed by atoms with E-state index in [2.05, 4.69) is 27.6 Å². The van der Waals surface area contributed by atoms with Crippen molar-refractivity contribution < 1.29 is 23.8 Å². The van der Waals surface area contributed by atoms with Crippen molar-refractivity contribution in [3.8, 4) is 11.5 Å². The Balaban J connectivity index is 1.74. The summed E-state index contributed by atoms with van der Waals surface area (Å²) in [7, 11) is 0. The Hall–Kier alpha value is -3.20. The number of nitrogens with zero attached hydrogens (tertiary/aromatic N) is 1. The maximum absolute atomic E-state index is 12.5. The Labute approximate surface area is 192 Å². The number of hydrogen-bond acceptors (Lipinski definition) is 6. The minimum absolute atomic E-state index is 0.182. The molecule has 0 atom stereocenters. The summed E-state index contributed by atoms with van der Waals surface area (Å²) >= 11 is 2.06. The van der Waals surface area contributed by atoms with Gasteiger partial charge in [0.1, 0.15) is 0 Å². The molecule has 31 heavy (non-hydrogen) atoms. The van der Waals surface area contributed by atoms with Crippen LogP contribution in [-0.2, 0) is 14.3 Å². The topological polar surface area (TPSA) is 74.2 Å². The first-order valence-corrected chi connectivity index (χ1v) is 10.7. The average Bonchev–Trinajstić information content (AvgIpc) is 3.10. The summed E-state index contributed by atoms with van der Waals surface area (Å²) in [5.74, 6) is 0.0741. The van der Waals surface area contributed by atoms with Crippen molar-refractivity contribution in [3.05, 3.63) is 75.0 Å². The monoisotopic (exact) mass is 527 g/mol. The molecule has 7 heteroatoms. The minimum Gasteiger partial charge on any atom is -0.490 e. The van der Waals surface area contributed by atoms with Crippen LogP contribution in [0, 0.1) is 3.57 Å². The normalized spacial score (nSPS) is 14.5. The first kappa shape index (κ1) is 21.0. The predicted molar refractivity (Wildman–Crippen MR) is 126 cm³/mol. The lowest BCUT2D eigenvalue weighted by Crippen LogP contribution is -2.06. The van der Waals surface area contributed by atoms with Crippen molar-refractivity contribution in [2.24, 2.45) is 4.99 Å². The molecule has 0 bridgehead atoms. The molecule has 0 aliphatic carbocycles. The maximum atomic E-state index is 12.5. The highest BCUT2D eigenvalue weighted by molar-refractivity contribution is 14.1. The van der Waals surface area contributed by atoms with Crippen molar-refractivity contribution in [2.75, 3.05) is 6.61 Å². The average molecular weight is 527 g/mol. The van der Waals surface area contributed by atoms with Crippen LogP contribution in [-0.4, -0.2) is 24.4 Å². The zero-order valence-corrected chi connectivity index (χ0v) is 19.0. The fourth-order valence-corrected chi connectivity index (χ4v) is 4.01. The number of ether oxygens (including phenoxy) is 3. The molecule has 0 N–H and O–H groups in total. The molecular formula is C24H18INO5. The van der Waals surface area contributed by atoms with Crippen molar-refractivity contribution in [1.29, 1.82) is 0 Å². The van der Waals surface area contributed by atoms with Gasteiger partial charge < -0.3 is 14.2 Å². The predicted octanol–water partition coefficient (Wildman–Crippen LogP) is 5.11. The van der Waals surface area contributed by atoms with Crippen molar-refractivity contribution in [3.63, 3.8) is 0 Å². The quantitative estimate of drug-likeness (QED) is 0.200. The molecule has 1 aliphatic rings. The standard InChI is InChI=1S/C24H18INO5/c1-3-29-21-13-15(11-19(25)22(21)30-14(2)27)12-20-24(28)31-23(26-20)18-10-6-8-16-7-4-5-9-17(16)18/h4-13H,3H2,1-2H3. The van der Waals surface area contributed by atoms with E-state index in [0.717, 1.165) is 16.3 Å². The van der Waals surface area contributed by atoms with E-state index in [-0.39, 0.29) is 11.6 Å². The number of carbonyl (C=O) groups excluding carboxylic acids is 2. The number of fused-ring (bicyclic) bond motifs is 1. The molecular weight excluding hydrogens is 509 g/mol. The van der Waals surface area contributed by atoms with Gasteiger partial charge in [-0.3, -0.25) is 4.79 Å². The highest BCUT2D eigenvalue weighted by Gasteiger charge is 2.25. The molecule has 0 amide bonds. The first-order chi connectivity index (χ1) is 15.0. The molecule has 0 aromatic heterocycles. The van der Waals surface area contributed by atoms with E-state index in [1.54, 1.807) is 18.2 Å². The van der Waals surface area contributed by atoms with Crippen LogP contribution in [0.5, 0.6) is 11.5 Å². The van der Waals surface area contributed by atoms with Gasteiger partial charge in [0.05, 0.1) is 10.2 Å². The Morgan fingerprint density at radius 2 is 1.94 bits per heavy atom. The third-order valence-corrected chi connectivity index (χ3v) is 5.32. The Kier molecular flexibility index (Phi) is 6.03. The summed E-state index contributed by atoms with van der Waals surface area (Å²) in [4.78, 5) is 28.4. The van der Waals surface area contributed by atoms with E-state index in [0.29, 0.717) is 27.2 Å². The zero-order valence-electron chi connectivity index (χ0n) is 16.8. The molecule has 0 saturated heterocycles. The second-order valence-electron chi connectivity index (χ2n) is 6.72. The van der Waals surface area contributed by atoms with E-state index in [4.69, 9.17) is 14.2 Å². The van der Waals surface area contributed by atoms with Crippen LogP contribution in [0.4, 0.5) is 0 Å². The summed E-state index contributed by atoms with van der Waals surface area (Å²) in [5.41, 5.74) is 1.62. The molecule has 6 nitrogen and oxygen atoms in total. The van der Waals surface area contributed by atoms with Crippen LogP contribution in [0.1, 0.15) is 25.0 Å². The molecule has 0 spiro atoms. The summed E-state index contributed by atoms with van der Waals surface area (Å²) < 4.78 is 17.0. The molecule has 1 aliphatic heterocycles. The van der Waals surface area contributed by atoms with Gasteiger partial charge in [-0.2, -0.15) is 0 Å². The lowest BCUT2D eigenvalue weighted by Gasteiger charge is -2.12. The van der Waals surface area contributed by atoms with Crippen LogP contribution < -0.4 is 9.47 Å². The minimum atomic E-state index is -0.528. The molecule has 0 unspecified atom stereocenters. The fraction of sp³-hybridized carbons (Fsp3) is 0.125. The summed E-state index contributed by atoms with van der Waals surface area (Å²) in [6.45, 7) is 3.57. The molecule has 0 saturated carbocycles. The van der Waals surface area contributed by atoms with Gasteiger partial charge in [-0.15, -0.1) is 0 Å². The van der Waals surface area contributed by atoms with Gasteiger partial charge in [-0.25, -0.2) is 9.79 Å². The summed E-state index contributed by atoms with van der Waals surface area (Å²) in [5, 5.41) is 1.99. The summed E-state index contributed by atoms with van der Waals surface area (Å²) in [6, 6.07) is 17.1. The van der Waals surface area contributed by atoms with Crippen molar-refractivity contribution in [2.45, 2.75) is 13.8 Å². The van der Waals surface area contributed by atoms with E-state index in [1.165, 1.54) is 6.92 Å².